The molecule has 2 unspecified atom stereocenters. The number of aliphatic hydroxyl groups excluding tert-OH is 2. The Morgan fingerprint density at radius 1 is 1.56 bits per heavy atom. The van der Waals surface area contributed by atoms with Gasteiger partial charge in [-0.3, -0.25) is 0 Å². The van der Waals surface area contributed by atoms with Crippen molar-refractivity contribution in [3.63, 3.8) is 0 Å². The lowest BCUT2D eigenvalue weighted by Gasteiger charge is -2.17. The summed E-state index contributed by atoms with van der Waals surface area (Å²) < 4.78 is 17.7. The van der Waals surface area contributed by atoms with E-state index in [1.165, 1.54) is 12.1 Å². The van der Waals surface area contributed by atoms with Gasteiger partial charge in [-0.25, -0.2) is 9.18 Å². The van der Waals surface area contributed by atoms with Gasteiger partial charge >= 0.3 is 5.97 Å². The van der Waals surface area contributed by atoms with Crippen LogP contribution >= 0.6 is 0 Å². The molecule has 0 spiro atoms. The highest BCUT2D eigenvalue weighted by Crippen LogP contribution is 2.22. The molecule has 0 saturated carbocycles. The van der Waals surface area contributed by atoms with Gasteiger partial charge in [0.1, 0.15) is 11.9 Å². The molecule has 5 nitrogen and oxygen atoms in total. The van der Waals surface area contributed by atoms with Crippen LogP contribution in [0.4, 0.5) is 4.39 Å². The molecule has 0 amide bonds. The van der Waals surface area contributed by atoms with Crippen molar-refractivity contribution in [2.75, 3.05) is 7.11 Å². The van der Waals surface area contributed by atoms with Crippen molar-refractivity contribution in [2.24, 2.45) is 0 Å². The van der Waals surface area contributed by atoms with Crippen LogP contribution < -0.4 is 0 Å². The van der Waals surface area contributed by atoms with Gasteiger partial charge < -0.3 is 14.9 Å². The molecular formula is C12H12FNO4. The van der Waals surface area contributed by atoms with Gasteiger partial charge in [0, 0.05) is 5.56 Å². The molecule has 18 heavy (non-hydrogen) atoms. The number of esters is 1. The Hall–Kier alpha value is -1.97. The van der Waals surface area contributed by atoms with E-state index in [1.807, 2.05) is 6.07 Å². The molecular weight excluding hydrogens is 241 g/mol. The SMILES string of the molecule is COC(=O)C(O)C(O)c1cc(CC#N)ccc1F. The molecule has 0 heterocycles. The van der Waals surface area contributed by atoms with Crippen LogP contribution in [0.1, 0.15) is 17.2 Å². The van der Waals surface area contributed by atoms with Crippen LogP contribution in [0, 0.1) is 17.1 Å². The molecule has 0 fully saturated rings. The Balaban J connectivity index is 3.04. The van der Waals surface area contributed by atoms with Crippen LogP contribution in [0.5, 0.6) is 0 Å². The van der Waals surface area contributed by atoms with Crippen LogP contribution in [0.15, 0.2) is 18.2 Å². The molecule has 1 aromatic rings. The summed E-state index contributed by atoms with van der Waals surface area (Å²) >= 11 is 0. The van der Waals surface area contributed by atoms with Crippen molar-refractivity contribution in [1.29, 1.82) is 5.26 Å². The number of rotatable bonds is 4. The fraction of sp³-hybridized carbons (Fsp3) is 0.333. The standard InChI is InChI=1S/C12H12FNO4/c1-18-12(17)11(16)10(15)8-6-7(4-5-14)2-3-9(8)13/h2-3,6,10-11,15-16H,4H2,1H3. The van der Waals surface area contributed by atoms with E-state index in [2.05, 4.69) is 4.74 Å². The Kier molecular flexibility index (Phi) is 4.77. The largest absolute Gasteiger partial charge is 0.467 e. The van der Waals surface area contributed by atoms with Gasteiger partial charge in [0.25, 0.3) is 0 Å². The lowest BCUT2D eigenvalue weighted by Crippen LogP contribution is -2.29. The van der Waals surface area contributed by atoms with E-state index in [9.17, 15) is 19.4 Å². The highest BCUT2D eigenvalue weighted by atomic mass is 19.1. The quantitative estimate of drug-likeness (QED) is 0.761. The summed E-state index contributed by atoms with van der Waals surface area (Å²) in [6, 6.07) is 5.56. The van der Waals surface area contributed by atoms with E-state index in [0.717, 1.165) is 13.2 Å². The lowest BCUT2D eigenvalue weighted by atomic mass is 10.0. The minimum absolute atomic E-state index is 0.0360. The predicted molar refractivity (Wildman–Crippen MR) is 58.7 cm³/mol. The van der Waals surface area contributed by atoms with E-state index in [0.29, 0.717) is 5.56 Å². The highest BCUT2D eigenvalue weighted by Gasteiger charge is 2.28. The van der Waals surface area contributed by atoms with Gasteiger partial charge in [-0.05, 0) is 17.7 Å². The maximum Gasteiger partial charge on any atom is 0.337 e. The van der Waals surface area contributed by atoms with E-state index in [4.69, 9.17) is 5.26 Å². The van der Waals surface area contributed by atoms with Crippen LogP contribution in [0.2, 0.25) is 0 Å². The summed E-state index contributed by atoms with van der Waals surface area (Å²) in [5, 5.41) is 27.6. The third kappa shape index (κ3) is 3.03. The Morgan fingerprint density at radius 2 is 2.22 bits per heavy atom. The summed E-state index contributed by atoms with van der Waals surface area (Å²) in [5.41, 5.74) is 0.227. The number of ether oxygens (including phenoxy) is 1. The molecule has 6 heteroatoms. The van der Waals surface area contributed by atoms with Crippen molar-refractivity contribution in [3.8, 4) is 6.07 Å². The Morgan fingerprint density at radius 3 is 2.78 bits per heavy atom. The minimum atomic E-state index is -1.87. The fourth-order valence-corrected chi connectivity index (χ4v) is 1.44. The molecule has 96 valence electrons. The number of halogens is 1. The molecule has 0 radical (unpaired) electrons. The normalized spacial score (nSPS) is 13.5. The average molecular weight is 253 g/mol. The predicted octanol–water partition coefficient (Wildman–Crippen LogP) is 0.459. The second-order valence-corrected chi connectivity index (χ2v) is 3.60. The monoisotopic (exact) mass is 253 g/mol. The first-order chi connectivity index (χ1) is 8.51. The number of hydrogen-bond acceptors (Lipinski definition) is 5. The third-order valence-corrected chi connectivity index (χ3v) is 2.40. The molecule has 2 N–H and O–H groups in total. The van der Waals surface area contributed by atoms with Crippen LogP contribution in [-0.4, -0.2) is 29.4 Å². The van der Waals surface area contributed by atoms with Crippen LogP contribution in [0.25, 0.3) is 0 Å². The van der Waals surface area contributed by atoms with Crippen molar-refractivity contribution in [3.05, 3.63) is 35.1 Å². The zero-order valence-electron chi connectivity index (χ0n) is 9.63. The van der Waals surface area contributed by atoms with E-state index in [-0.39, 0.29) is 12.0 Å². The summed E-state index contributed by atoms with van der Waals surface area (Å²) in [7, 11) is 1.04. The Labute approximate surface area is 103 Å². The molecule has 2 atom stereocenters. The highest BCUT2D eigenvalue weighted by molar-refractivity contribution is 5.75. The van der Waals surface area contributed by atoms with Gasteiger partial charge in [0.15, 0.2) is 6.10 Å². The molecule has 0 aromatic heterocycles. The van der Waals surface area contributed by atoms with Gasteiger partial charge in [-0.2, -0.15) is 5.26 Å². The summed E-state index contributed by atoms with van der Waals surface area (Å²) in [6.45, 7) is 0. The zero-order valence-corrected chi connectivity index (χ0v) is 9.63. The van der Waals surface area contributed by atoms with Gasteiger partial charge in [0.2, 0.25) is 0 Å². The summed E-state index contributed by atoms with van der Waals surface area (Å²) in [6.07, 6.45) is -3.58. The lowest BCUT2D eigenvalue weighted by molar-refractivity contribution is -0.156. The Bertz CT molecular complexity index is 483. The zero-order chi connectivity index (χ0) is 13.7. The van der Waals surface area contributed by atoms with Gasteiger partial charge in [-0.15, -0.1) is 0 Å². The summed E-state index contributed by atoms with van der Waals surface area (Å²) in [5.74, 6) is -1.83. The molecule has 0 saturated heterocycles. The molecule has 0 aliphatic heterocycles. The maximum atomic E-state index is 13.5. The maximum absolute atomic E-state index is 13.5. The number of nitriles is 1. The molecule has 0 aliphatic rings. The van der Waals surface area contributed by atoms with E-state index >= 15 is 0 Å². The first kappa shape index (κ1) is 14.1. The molecule has 1 rings (SSSR count). The van der Waals surface area contributed by atoms with Crippen molar-refractivity contribution >= 4 is 5.97 Å². The minimum Gasteiger partial charge on any atom is -0.467 e. The fourth-order valence-electron chi connectivity index (χ4n) is 1.44. The number of carbonyl (C=O) groups is 1. The summed E-state index contributed by atoms with van der Waals surface area (Å²) in [4.78, 5) is 11.0. The van der Waals surface area contributed by atoms with E-state index < -0.39 is 24.0 Å². The number of carbonyl (C=O) groups excluding carboxylic acids is 1. The number of hydrogen-bond donors (Lipinski definition) is 2. The van der Waals surface area contributed by atoms with E-state index in [1.54, 1.807) is 0 Å². The topological polar surface area (TPSA) is 90.6 Å². The van der Waals surface area contributed by atoms with Crippen LogP contribution in [-0.2, 0) is 16.0 Å². The first-order valence-electron chi connectivity index (χ1n) is 5.10. The first-order valence-corrected chi connectivity index (χ1v) is 5.10. The van der Waals surface area contributed by atoms with Crippen molar-refractivity contribution in [1.82, 2.24) is 0 Å². The van der Waals surface area contributed by atoms with Crippen molar-refractivity contribution < 1.29 is 24.1 Å². The molecule has 0 aliphatic carbocycles. The van der Waals surface area contributed by atoms with Crippen molar-refractivity contribution in [2.45, 2.75) is 18.6 Å². The second kappa shape index (κ2) is 6.10. The number of aliphatic hydroxyl groups is 2. The smallest absolute Gasteiger partial charge is 0.337 e. The molecule has 1 aromatic carbocycles. The second-order valence-electron chi connectivity index (χ2n) is 3.60. The number of benzene rings is 1. The third-order valence-electron chi connectivity index (χ3n) is 2.40. The number of nitrogens with zero attached hydrogens (tertiary/aromatic N) is 1. The average Bonchev–Trinajstić information content (AvgIpc) is 2.38. The van der Waals surface area contributed by atoms with Gasteiger partial charge in [-0.1, -0.05) is 6.07 Å². The van der Waals surface area contributed by atoms with Gasteiger partial charge in [0.05, 0.1) is 19.6 Å². The van der Waals surface area contributed by atoms with Crippen LogP contribution in [0.3, 0.4) is 0 Å². The number of methoxy groups -OCH3 is 1. The molecule has 0 bridgehead atoms.